The fourth-order valence-electron chi connectivity index (χ4n) is 2.41. The van der Waals surface area contributed by atoms with Gasteiger partial charge in [-0.2, -0.15) is 0 Å². The molecule has 0 bridgehead atoms. The standard InChI is InChI=1S/C16H18N4OS/c1-2-8-22-16-18-14(17)12-9-13(21)20(15(12)19-16)10-11-6-4-3-5-7-11/h3-7H,2,8-10H2,1H3,(H2,17,18,19). The van der Waals surface area contributed by atoms with Crippen LogP contribution in [0.3, 0.4) is 0 Å². The lowest BCUT2D eigenvalue weighted by atomic mass is 10.2. The Hall–Kier alpha value is -2.08. The van der Waals surface area contributed by atoms with Crippen LogP contribution in [0.25, 0.3) is 0 Å². The first kappa shape index (κ1) is 14.8. The first-order valence-corrected chi connectivity index (χ1v) is 8.31. The Morgan fingerprint density at radius 2 is 2.05 bits per heavy atom. The minimum absolute atomic E-state index is 0.0255. The molecule has 1 aromatic heterocycles. The lowest BCUT2D eigenvalue weighted by molar-refractivity contribution is -0.117. The van der Waals surface area contributed by atoms with Gasteiger partial charge in [-0.05, 0) is 12.0 Å². The summed E-state index contributed by atoms with van der Waals surface area (Å²) in [5, 5.41) is 0.644. The van der Waals surface area contributed by atoms with Crippen LogP contribution in [0.1, 0.15) is 24.5 Å². The molecule has 3 rings (SSSR count). The lowest BCUT2D eigenvalue weighted by Gasteiger charge is -2.17. The van der Waals surface area contributed by atoms with Crippen LogP contribution in [0.2, 0.25) is 0 Å². The highest BCUT2D eigenvalue weighted by Crippen LogP contribution is 2.33. The summed E-state index contributed by atoms with van der Waals surface area (Å²) >= 11 is 1.57. The van der Waals surface area contributed by atoms with E-state index in [-0.39, 0.29) is 12.3 Å². The van der Waals surface area contributed by atoms with Crippen LogP contribution < -0.4 is 10.6 Å². The largest absolute Gasteiger partial charge is 0.383 e. The molecule has 0 atom stereocenters. The van der Waals surface area contributed by atoms with Crippen LogP contribution in [-0.4, -0.2) is 21.6 Å². The smallest absolute Gasteiger partial charge is 0.233 e. The minimum Gasteiger partial charge on any atom is -0.383 e. The Morgan fingerprint density at radius 3 is 2.77 bits per heavy atom. The minimum atomic E-state index is 0.0255. The third-order valence-electron chi connectivity index (χ3n) is 3.50. The first-order chi connectivity index (χ1) is 10.7. The van der Waals surface area contributed by atoms with E-state index in [4.69, 9.17) is 5.73 Å². The number of carbonyl (C=O) groups is 1. The molecule has 1 aromatic carbocycles. The number of fused-ring (bicyclic) bond motifs is 1. The molecule has 2 aromatic rings. The average Bonchev–Trinajstić information content (AvgIpc) is 2.83. The second-order valence-corrected chi connectivity index (χ2v) is 6.25. The van der Waals surface area contributed by atoms with E-state index in [1.807, 2.05) is 30.3 Å². The van der Waals surface area contributed by atoms with Crippen LogP contribution >= 0.6 is 11.8 Å². The fraction of sp³-hybridized carbons (Fsp3) is 0.312. The topological polar surface area (TPSA) is 72.1 Å². The van der Waals surface area contributed by atoms with Gasteiger partial charge < -0.3 is 5.73 Å². The van der Waals surface area contributed by atoms with Gasteiger partial charge in [-0.1, -0.05) is 49.0 Å². The van der Waals surface area contributed by atoms with Gasteiger partial charge in [-0.25, -0.2) is 9.97 Å². The van der Waals surface area contributed by atoms with E-state index in [0.29, 0.717) is 23.3 Å². The molecule has 22 heavy (non-hydrogen) atoms. The number of nitrogen functional groups attached to an aromatic ring is 1. The number of hydrogen-bond acceptors (Lipinski definition) is 5. The Balaban J connectivity index is 1.91. The second-order valence-electron chi connectivity index (χ2n) is 5.18. The van der Waals surface area contributed by atoms with E-state index in [9.17, 15) is 4.79 Å². The molecule has 0 saturated heterocycles. The van der Waals surface area contributed by atoms with Gasteiger partial charge in [0, 0.05) is 11.3 Å². The number of amides is 1. The summed E-state index contributed by atoms with van der Waals surface area (Å²) in [7, 11) is 0. The number of anilines is 2. The molecule has 6 heteroatoms. The summed E-state index contributed by atoms with van der Waals surface area (Å²) in [6.07, 6.45) is 1.32. The summed E-state index contributed by atoms with van der Waals surface area (Å²) in [6, 6.07) is 9.90. The van der Waals surface area contributed by atoms with Crippen LogP contribution in [0.5, 0.6) is 0 Å². The van der Waals surface area contributed by atoms with Gasteiger partial charge >= 0.3 is 0 Å². The number of carbonyl (C=O) groups excluding carboxylic acids is 1. The quantitative estimate of drug-likeness (QED) is 0.678. The molecule has 0 unspecified atom stereocenters. The van der Waals surface area contributed by atoms with E-state index in [1.54, 1.807) is 16.7 Å². The van der Waals surface area contributed by atoms with Gasteiger partial charge in [0.2, 0.25) is 5.91 Å². The highest BCUT2D eigenvalue weighted by molar-refractivity contribution is 7.99. The third kappa shape index (κ3) is 2.92. The zero-order valence-corrected chi connectivity index (χ0v) is 13.3. The van der Waals surface area contributed by atoms with E-state index in [0.717, 1.165) is 23.3 Å². The predicted octanol–water partition coefficient (Wildman–Crippen LogP) is 2.65. The lowest BCUT2D eigenvalue weighted by Crippen LogP contribution is -2.26. The van der Waals surface area contributed by atoms with Gasteiger partial charge in [0.05, 0.1) is 13.0 Å². The molecule has 114 valence electrons. The maximum Gasteiger partial charge on any atom is 0.233 e. The van der Waals surface area contributed by atoms with E-state index in [1.165, 1.54) is 0 Å². The Morgan fingerprint density at radius 1 is 1.27 bits per heavy atom. The number of hydrogen-bond donors (Lipinski definition) is 1. The molecule has 0 aliphatic carbocycles. The summed E-state index contributed by atoms with van der Waals surface area (Å²) in [5.41, 5.74) is 7.84. The fourth-order valence-corrected chi connectivity index (χ4v) is 3.11. The third-order valence-corrected chi connectivity index (χ3v) is 4.55. The summed E-state index contributed by atoms with van der Waals surface area (Å²) < 4.78 is 0. The summed E-state index contributed by atoms with van der Waals surface area (Å²) in [4.78, 5) is 22.9. The molecular formula is C16H18N4OS. The number of rotatable bonds is 5. The first-order valence-electron chi connectivity index (χ1n) is 7.32. The summed E-state index contributed by atoms with van der Waals surface area (Å²) in [5.74, 6) is 2.05. The highest BCUT2D eigenvalue weighted by Gasteiger charge is 2.31. The van der Waals surface area contributed by atoms with E-state index < -0.39 is 0 Å². The monoisotopic (exact) mass is 314 g/mol. The molecule has 0 spiro atoms. The SMILES string of the molecule is CCCSc1nc(N)c2c(n1)N(Cc1ccccc1)C(=O)C2. The van der Waals surface area contributed by atoms with Crippen molar-refractivity contribution >= 4 is 29.3 Å². The molecule has 1 aliphatic rings. The number of benzene rings is 1. The number of nitrogens with two attached hydrogens (primary N) is 1. The van der Waals surface area contributed by atoms with Gasteiger partial charge in [0.1, 0.15) is 11.6 Å². The highest BCUT2D eigenvalue weighted by atomic mass is 32.2. The molecule has 1 aliphatic heterocycles. The van der Waals surface area contributed by atoms with Crippen LogP contribution in [-0.2, 0) is 17.8 Å². The van der Waals surface area contributed by atoms with Crippen molar-refractivity contribution in [2.45, 2.75) is 31.5 Å². The summed E-state index contributed by atoms with van der Waals surface area (Å²) in [6.45, 7) is 2.62. The van der Waals surface area contributed by atoms with Crippen molar-refractivity contribution < 1.29 is 4.79 Å². The molecular weight excluding hydrogens is 296 g/mol. The van der Waals surface area contributed by atoms with Crippen molar-refractivity contribution in [1.29, 1.82) is 0 Å². The van der Waals surface area contributed by atoms with Gasteiger partial charge in [-0.3, -0.25) is 9.69 Å². The van der Waals surface area contributed by atoms with Gasteiger partial charge in [0.15, 0.2) is 5.16 Å². The molecule has 0 saturated carbocycles. The second kappa shape index (κ2) is 6.36. The zero-order chi connectivity index (χ0) is 15.5. The maximum absolute atomic E-state index is 12.3. The molecule has 0 fully saturated rings. The maximum atomic E-state index is 12.3. The average molecular weight is 314 g/mol. The number of thioether (sulfide) groups is 1. The van der Waals surface area contributed by atoms with Crippen molar-refractivity contribution in [1.82, 2.24) is 9.97 Å². The van der Waals surface area contributed by atoms with E-state index in [2.05, 4.69) is 16.9 Å². The van der Waals surface area contributed by atoms with Gasteiger partial charge in [0.25, 0.3) is 0 Å². The molecule has 5 nitrogen and oxygen atoms in total. The zero-order valence-electron chi connectivity index (χ0n) is 12.5. The molecule has 1 amide bonds. The predicted molar refractivity (Wildman–Crippen MR) is 88.8 cm³/mol. The Kier molecular flexibility index (Phi) is 4.29. The van der Waals surface area contributed by atoms with Crippen LogP contribution in [0.4, 0.5) is 11.6 Å². The van der Waals surface area contributed by atoms with Crippen molar-refractivity contribution in [3.05, 3.63) is 41.5 Å². The number of aromatic nitrogens is 2. The van der Waals surface area contributed by atoms with Crippen molar-refractivity contribution in [3.8, 4) is 0 Å². The molecule has 2 heterocycles. The van der Waals surface area contributed by atoms with Gasteiger partial charge in [-0.15, -0.1) is 0 Å². The van der Waals surface area contributed by atoms with Crippen molar-refractivity contribution in [2.24, 2.45) is 0 Å². The van der Waals surface area contributed by atoms with Crippen molar-refractivity contribution in [2.75, 3.05) is 16.4 Å². The molecule has 2 N–H and O–H groups in total. The molecule has 0 radical (unpaired) electrons. The van der Waals surface area contributed by atoms with Crippen LogP contribution in [0, 0.1) is 0 Å². The van der Waals surface area contributed by atoms with Crippen LogP contribution in [0.15, 0.2) is 35.5 Å². The Bertz CT molecular complexity index is 690. The van der Waals surface area contributed by atoms with Crippen molar-refractivity contribution in [3.63, 3.8) is 0 Å². The Labute approximate surface area is 133 Å². The number of nitrogens with zero attached hydrogens (tertiary/aromatic N) is 3. The normalized spacial score (nSPS) is 13.5. The van der Waals surface area contributed by atoms with E-state index >= 15 is 0 Å².